The minimum Gasteiger partial charge on any atom is -0.484 e. The number of benzene rings is 2. The molecule has 142 valence electrons. The van der Waals surface area contributed by atoms with Gasteiger partial charge in [-0.15, -0.1) is 0 Å². The molecule has 0 aliphatic heterocycles. The van der Waals surface area contributed by atoms with E-state index >= 15 is 0 Å². The van der Waals surface area contributed by atoms with Crippen LogP contribution in [0.2, 0.25) is 5.02 Å². The van der Waals surface area contributed by atoms with Crippen molar-refractivity contribution >= 4 is 28.5 Å². The van der Waals surface area contributed by atoms with Crippen LogP contribution in [0, 0.1) is 0 Å². The predicted octanol–water partition coefficient (Wildman–Crippen LogP) is 4.58. The van der Waals surface area contributed by atoms with Crippen molar-refractivity contribution < 1.29 is 9.53 Å². The summed E-state index contributed by atoms with van der Waals surface area (Å²) in [6.07, 6.45) is 3.44. The zero-order valence-electron chi connectivity index (χ0n) is 15.5. The van der Waals surface area contributed by atoms with Gasteiger partial charge in [0.05, 0.1) is 17.6 Å². The maximum absolute atomic E-state index is 12.1. The lowest BCUT2D eigenvalue weighted by molar-refractivity contribution is -0.123. The molecule has 1 heterocycles. The Kier molecular flexibility index (Phi) is 6.71. The molecule has 2 aromatic carbocycles. The number of unbranched alkanes of at least 4 members (excludes halogenated alkanes) is 2. The van der Waals surface area contributed by atoms with E-state index in [2.05, 4.69) is 27.9 Å². The number of carbonyl (C=O) groups is 1. The van der Waals surface area contributed by atoms with Crippen molar-refractivity contribution in [2.24, 2.45) is 0 Å². The van der Waals surface area contributed by atoms with E-state index in [4.69, 9.17) is 16.3 Å². The highest BCUT2D eigenvalue weighted by Crippen LogP contribution is 2.18. The van der Waals surface area contributed by atoms with Crippen molar-refractivity contribution in [3.8, 4) is 5.75 Å². The Bertz CT molecular complexity index is 890. The summed E-state index contributed by atoms with van der Waals surface area (Å²) in [6, 6.07) is 15.0. The van der Waals surface area contributed by atoms with Gasteiger partial charge in [-0.05, 0) is 42.8 Å². The first-order chi connectivity index (χ1) is 13.2. The van der Waals surface area contributed by atoms with E-state index < -0.39 is 0 Å². The molecule has 0 fully saturated rings. The van der Waals surface area contributed by atoms with Crippen molar-refractivity contribution in [1.82, 2.24) is 14.9 Å². The average Bonchev–Trinajstić information content (AvgIpc) is 3.04. The zero-order valence-corrected chi connectivity index (χ0v) is 16.2. The summed E-state index contributed by atoms with van der Waals surface area (Å²) in [4.78, 5) is 16.8. The van der Waals surface area contributed by atoms with E-state index in [-0.39, 0.29) is 12.5 Å². The van der Waals surface area contributed by atoms with E-state index in [0.29, 0.717) is 17.3 Å². The largest absolute Gasteiger partial charge is 0.484 e. The minimum absolute atomic E-state index is 0.0440. The highest BCUT2D eigenvalue weighted by atomic mass is 35.5. The molecule has 5 nitrogen and oxygen atoms in total. The summed E-state index contributed by atoms with van der Waals surface area (Å²) in [5.74, 6) is 1.30. The van der Waals surface area contributed by atoms with Crippen LogP contribution >= 0.6 is 11.6 Å². The number of rotatable bonds is 9. The van der Waals surface area contributed by atoms with Gasteiger partial charge in [0.1, 0.15) is 11.6 Å². The first kappa shape index (κ1) is 19.2. The molecule has 0 spiro atoms. The Labute approximate surface area is 164 Å². The van der Waals surface area contributed by atoms with Crippen LogP contribution in [0.25, 0.3) is 11.0 Å². The van der Waals surface area contributed by atoms with Crippen molar-refractivity contribution in [3.63, 3.8) is 0 Å². The second kappa shape index (κ2) is 9.42. The molecule has 3 rings (SSSR count). The zero-order chi connectivity index (χ0) is 19.1. The normalized spacial score (nSPS) is 10.9. The molecule has 27 heavy (non-hydrogen) atoms. The number of carbonyl (C=O) groups excluding carboxylic acids is 1. The summed E-state index contributed by atoms with van der Waals surface area (Å²) >= 11 is 5.84. The Hall–Kier alpha value is -2.53. The number of hydrogen-bond acceptors (Lipinski definition) is 3. The monoisotopic (exact) mass is 385 g/mol. The summed E-state index contributed by atoms with van der Waals surface area (Å²) in [5, 5.41) is 3.53. The van der Waals surface area contributed by atoms with Crippen molar-refractivity contribution in [1.29, 1.82) is 0 Å². The topological polar surface area (TPSA) is 56.2 Å². The molecule has 0 saturated carbocycles. The first-order valence-electron chi connectivity index (χ1n) is 9.26. The molecule has 0 bridgehead atoms. The summed E-state index contributed by atoms with van der Waals surface area (Å²) < 4.78 is 7.68. The highest BCUT2D eigenvalue weighted by molar-refractivity contribution is 6.30. The van der Waals surface area contributed by atoms with Gasteiger partial charge in [-0.25, -0.2) is 4.98 Å². The van der Waals surface area contributed by atoms with Gasteiger partial charge < -0.3 is 14.6 Å². The van der Waals surface area contributed by atoms with Crippen molar-refractivity contribution in [3.05, 3.63) is 59.4 Å². The number of ether oxygens (including phenoxy) is 1. The number of aromatic nitrogens is 2. The number of aryl methyl sites for hydroxylation is 1. The second-order valence-corrected chi connectivity index (χ2v) is 6.83. The third-order valence-electron chi connectivity index (χ3n) is 4.35. The number of nitrogens with one attached hydrogen (secondary N) is 1. The number of imidazole rings is 1. The van der Waals surface area contributed by atoms with Gasteiger partial charge in [0.15, 0.2) is 6.61 Å². The smallest absolute Gasteiger partial charge is 0.258 e. The third kappa shape index (κ3) is 5.23. The van der Waals surface area contributed by atoms with Crippen LogP contribution < -0.4 is 10.1 Å². The molecular weight excluding hydrogens is 362 g/mol. The van der Waals surface area contributed by atoms with E-state index in [1.54, 1.807) is 24.3 Å². The molecule has 1 amide bonds. The average molecular weight is 386 g/mol. The molecule has 1 N–H and O–H groups in total. The van der Waals surface area contributed by atoms with Gasteiger partial charge in [-0.2, -0.15) is 0 Å². The Morgan fingerprint density at radius 3 is 2.70 bits per heavy atom. The van der Waals surface area contributed by atoms with Crippen LogP contribution in [0.3, 0.4) is 0 Å². The lowest BCUT2D eigenvalue weighted by atomic mass is 10.2. The van der Waals surface area contributed by atoms with Crippen LogP contribution in [0.5, 0.6) is 5.75 Å². The molecular formula is C21H24ClN3O2. The second-order valence-electron chi connectivity index (χ2n) is 6.39. The number of fused-ring (bicyclic) bond motifs is 1. The van der Waals surface area contributed by atoms with Gasteiger partial charge in [0, 0.05) is 11.6 Å². The quantitative estimate of drug-likeness (QED) is 0.549. The van der Waals surface area contributed by atoms with Crippen LogP contribution in [-0.4, -0.2) is 22.1 Å². The fourth-order valence-corrected chi connectivity index (χ4v) is 3.06. The maximum Gasteiger partial charge on any atom is 0.258 e. The predicted molar refractivity (Wildman–Crippen MR) is 108 cm³/mol. The number of halogens is 1. The molecule has 0 aliphatic carbocycles. The fourth-order valence-electron chi connectivity index (χ4n) is 2.94. The molecule has 0 aliphatic rings. The lowest BCUT2D eigenvalue weighted by Crippen LogP contribution is -2.29. The van der Waals surface area contributed by atoms with Crippen molar-refractivity contribution in [2.45, 2.75) is 39.3 Å². The Morgan fingerprint density at radius 2 is 1.93 bits per heavy atom. The van der Waals surface area contributed by atoms with Gasteiger partial charge in [0.25, 0.3) is 5.91 Å². The van der Waals surface area contributed by atoms with E-state index in [1.165, 1.54) is 12.8 Å². The Balaban J connectivity index is 1.60. The summed E-state index contributed by atoms with van der Waals surface area (Å²) in [6.45, 7) is 3.43. The van der Waals surface area contributed by atoms with Gasteiger partial charge >= 0.3 is 0 Å². The molecule has 0 unspecified atom stereocenters. The fraction of sp³-hybridized carbons (Fsp3) is 0.333. The van der Waals surface area contributed by atoms with Crippen LogP contribution in [0.15, 0.2) is 48.5 Å². The molecule has 1 aromatic heterocycles. The number of hydrogen-bond donors (Lipinski definition) is 1. The van der Waals surface area contributed by atoms with Crippen LogP contribution in [0.1, 0.15) is 32.0 Å². The maximum atomic E-state index is 12.1. The molecule has 0 atom stereocenters. The van der Waals surface area contributed by atoms with E-state index in [9.17, 15) is 4.79 Å². The standard InChI is InChI=1S/C21H24ClN3O2/c1-2-3-6-13-25-19-8-5-4-7-18(19)24-20(25)14-23-21(26)15-27-17-11-9-16(22)10-12-17/h4-5,7-12H,2-3,6,13-15H2,1H3,(H,23,26). The minimum atomic E-state index is -0.183. The van der Waals surface area contributed by atoms with Crippen LogP contribution in [-0.2, 0) is 17.9 Å². The third-order valence-corrected chi connectivity index (χ3v) is 4.60. The number of nitrogens with zero attached hydrogens (tertiary/aromatic N) is 2. The van der Waals surface area contributed by atoms with Gasteiger partial charge in [0.2, 0.25) is 0 Å². The van der Waals surface area contributed by atoms with Gasteiger partial charge in [-0.1, -0.05) is 43.5 Å². The summed E-state index contributed by atoms with van der Waals surface area (Å²) in [7, 11) is 0. The van der Waals surface area contributed by atoms with E-state index in [0.717, 1.165) is 29.8 Å². The molecule has 6 heteroatoms. The SMILES string of the molecule is CCCCCn1c(CNC(=O)COc2ccc(Cl)cc2)nc2ccccc21. The number of amides is 1. The Morgan fingerprint density at radius 1 is 1.15 bits per heavy atom. The summed E-state index contributed by atoms with van der Waals surface area (Å²) in [5.41, 5.74) is 2.06. The molecule has 0 radical (unpaired) electrons. The first-order valence-corrected chi connectivity index (χ1v) is 9.64. The van der Waals surface area contributed by atoms with Crippen LogP contribution in [0.4, 0.5) is 0 Å². The number of para-hydroxylation sites is 2. The highest BCUT2D eigenvalue weighted by Gasteiger charge is 2.11. The van der Waals surface area contributed by atoms with E-state index in [1.807, 2.05) is 18.2 Å². The molecule has 3 aromatic rings. The van der Waals surface area contributed by atoms with Crippen molar-refractivity contribution in [2.75, 3.05) is 6.61 Å². The lowest BCUT2D eigenvalue weighted by Gasteiger charge is -2.10. The van der Waals surface area contributed by atoms with Gasteiger partial charge in [-0.3, -0.25) is 4.79 Å². The molecule has 0 saturated heterocycles.